The number of hydrogen-bond donors (Lipinski definition) is 2. The molecule has 2 rings (SSSR count). The molecule has 5 heteroatoms. The molecule has 0 aromatic heterocycles. The van der Waals surface area contributed by atoms with Gasteiger partial charge in [-0.25, -0.2) is 4.39 Å². The van der Waals surface area contributed by atoms with E-state index in [1.165, 1.54) is 6.07 Å². The predicted molar refractivity (Wildman–Crippen MR) is 90.4 cm³/mol. The van der Waals surface area contributed by atoms with E-state index >= 15 is 0 Å². The van der Waals surface area contributed by atoms with Gasteiger partial charge in [0, 0.05) is 22.9 Å². The van der Waals surface area contributed by atoms with E-state index in [-0.39, 0.29) is 30.4 Å². The van der Waals surface area contributed by atoms with E-state index in [0.717, 1.165) is 0 Å². The monoisotopic (exact) mass is 327 g/mol. The molecule has 0 spiro atoms. The Morgan fingerprint density at radius 2 is 1.77 bits per heavy atom. The van der Waals surface area contributed by atoms with Crippen LogP contribution in [0.3, 0.4) is 0 Å². The van der Waals surface area contributed by atoms with Crippen molar-refractivity contribution in [3.05, 3.63) is 42.2 Å². The van der Waals surface area contributed by atoms with E-state index < -0.39 is 6.10 Å². The Morgan fingerprint density at radius 3 is 2.41 bits per heavy atom. The molecular formula is C17H23ClFNO2. The summed E-state index contributed by atoms with van der Waals surface area (Å²) < 4.78 is 19.3. The summed E-state index contributed by atoms with van der Waals surface area (Å²) in [6.07, 6.45) is -0.618. The number of benzene rings is 2. The van der Waals surface area contributed by atoms with Gasteiger partial charge in [0.2, 0.25) is 0 Å². The Morgan fingerprint density at radius 1 is 1.14 bits per heavy atom. The van der Waals surface area contributed by atoms with Crippen LogP contribution in [0.1, 0.15) is 20.8 Å². The molecule has 2 aromatic rings. The molecule has 0 saturated carbocycles. The topological polar surface area (TPSA) is 41.5 Å². The fourth-order valence-electron chi connectivity index (χ4n) is 2.03. The summed E-state index contributed by atoms with van der Waals surface area (Å²) >= 11 is 0. The Labute approximate surface area is 136 Å². The molecule has 0 unspecified atom stereocenters. The molecule has 0 saturated heterocycles. The third-order valence-electron chi connectivity index (χ3n) is 3.13. The van der Waals surface area contributed by atoms with Gasteiger partial charge >= 0.3 is 0 Å². The highest BCUT2D eigenvalue weighted by atomic mass is 35.5. The Bertz CT molecular complexity index is 613. The minimum Gasteiger partial charge on any atom is -0.490 e. The van der Waals surface area contributed by atoms with Crippen molar-refractivity contribution in [1.29, 1.82) is 0 Å². The molecular weight excluding hydrogens is 305 g/mol. The second-order valence-corrected chi connectivity index (χ2v) is 6.19. The largest absolute Gasteiger partial charge is 0.490 e. The van der Waals surface area contributed by atoms with Crippen LogP contribution in [0.15, 0.2) is 36.4 Å². The van der Waals surface area contributed by atoms with E-state index in [2.05, 4.69) is 5.32 Å². The third kappa shape index (κ3) is 5.13. The van der Waals surface area contributed by atoms with Crippen LogP contribution in [-0.2, 0) is 0 Å². The van der Waals surface area contributed by atoms with Crippen molar-refractivity contribution < 1.29 is 14.2 Å². The minimum atomic E-state index is -0.618. The standard InChI is InChI=1S/C17H22FNO2.ClH/c1-17(2,3)19-10-12(20)11-21-16-9-8-15(18)13-6-4-5-7-14(13)16;/h4-9,12,19-20H,10-11H2,1-3H3;1H/t12-;/m0./s1. The van der Waals surface area contributed by atoms with Crippen molar-refractivity contribution >= 4 is 23.2 Å². The molecule has 122 valence electrons. The van der Waals surface area contributed by atoms with Crippen LogP contribution in [0.2, 0.25) is 0 Å². The first-order valence-electron chi connectivity index (χ1n) is 7.10. The first-order valence-corrected chi connectivity index (χ1v) is 7.10. The maximum absolute atomic E-state index is 13.7. The highest BCUT2D eigenvalue weighted by Crippen LogP contribution is 2.27. The summed E-state index contributed by atoms with van der Waals surface area (Å²) in [6.45, 7) is 6.72. The van der Waals surface area contributed by atoms with Gasteiger partial charge in [0.15, 0.2) is 0 Å². The van der Waals surface area contributed by atoms with Crippen LogP contribution >= 0.6 is 12.4 Å². The first kappa shape index (κ1) is 18.7. The van der Waals surface area contributed by atoms with E-state index in [0.29, 0.717) is 23.1 Å². The zero-order chi connectivity index (χ0) is 15.5. The molecule has 22 heavy (non-hydrogen) atoms. The molecule has 0 aliphatic rings. The molecule has 1 atom stereocenters. The Kier molecular flexibility index (Phi) is 6.60. The average Bonchev–Trinajstić information content (AvgIpc) is 2.44. The van der Waals surface area contributed by atoms with Gasteiger partial charge < -0.3 is 15.2 Å². The van der Waals surface area contributed by atoms with E-state index in [4.69, 9.17) is 4.74 Å². The highest BCUT2D eigenvalue weighted by molar-refractivity contribution is 5.88. The maximum Gasteiger partial charge on any atom is 0.131 e. The molecule has 0 aliphatic carbocycles. The molecule has 0 amide bonds. The second kappa shape index (κ2) is 7.77. The fraction of sp³-hybridized carbons (Fsp3) is 0.412. The lowest BCUT2D eigenvalue weighted by Gasteiger charge is -2.23. The van der Waals surface area contributed by atoms with Gasteiger partial charge in [0.1, 0.15) is 24.3 Å². The van der Waals surface area contributed by atoms with Gasteiger partial charge in [0.25, 0.3) is 0 Å². The maximum atomic E-state index is 13.7. The molecule has 2 N–H and O–H groups in total. The van der Waals surface area contributed by atoms with Gasteiger partial charge in [-0.05, 0) is 32.9 Å². The van der Waals surface area contributed by atoms with Crippen LogP contribution in [-0.4, -0.2) is 29.9 Å². The molecule has 0 fully saturated rings. The summed E-state index contributed by atoms with van der Waals surface area (Å²) in [5.74, 6) is 0.315. The average molecular weight is 328 g/mol. The van der Waals surface area contributed by atoms with E-state index in [9.17, 15) is 9.50 Å². The number of aliphatic hydroxyl groups is 1. The predicted octanol–water partition coefficient (Wildman–Crippen LogP) is 3.53. The third-order valence-corrected chi connectivity index (χ3v) is 3.13. The van der Waals surface area contributed by atoms with Crippen LogP contribution < -0.4 is 10.1 Å². The van der Waals surface area contributed by atoms with Crippen molar-refractivity contribution in [2.45, 2.75) is 32.4 Å². The molecule has 3 nitrogen and oxygen atoms in total. The summed E-state index contributed by atoms with van der Waals surface area (Å²) in [4.78, 5) is 0. The molecule has 0 heterocycles. The summed E-state index contributed by atoms with van der Waals surface area (Å²) in [5, 5.41) is 14.4. The van der Waals surface area contributed by atoms with E-state index in [1.807, 2.05) is 32.9 Å². The van der Waals surface area contributed by atoms with Crippen molar-refractivity contribution in [2.75, 3.05) is 13.2 Å². The summed E-state index contributed by atoms with van der Waals surface area (Å²) in [7, 11) is 0. The number of aliphatic hydroxyl groups excluding tert-OH is 1. The number of halogens is 2. The van der Waals surface area contributed by atoms with Gasteiger partial charge in [-0.1, -0.05) is 24.3 Å². The quantitative estimate of drug-likeness (QED) is 0.882. The number of hydrogen-bond acceptors (Lipinski definition) is 3. The van der Waals surface area contributed by atoms with Crippen molar-refractivity contribution in [3.63, 3.8) is 0 Å². The number of rotatable bonds is 5. The van der Waals surface area contributed by atoms with Gasteiger partial charge in [-0.3, -0.25) is 0 Å². The number of β-amino-alcohol motifs (C(OH)–C–C–N with tert-alkyl or cyclic N) is 1. The molecule has 0 radical (unpaired) electrons. The van der Waals surface area contributed by atoms with E-state index in [1.54, 1.807) is 18.2 Å². The Balaban J connectivity index is 0.00000242. The normalized spacial score (nSPS) is 12.8. The van der Waals surface area contributed by atoms with Gasteiger partial charge in [0.05, 0.1) is 0 Å². The second-order valence-electron chi connectivity index (χ2n) is 6.19. The van der Waals surface area contributed by atoms with Crippen molar-refractivity contribution in [2.24, 2.45) is 0 Å². The lowest BCUT2D eigenvalue weighted by Crippen LogP contribution is -2.42. The lowest BCUT2D eigenvalue weighted by atomic mass is 10.1. The number of nitrogens with one attached hydrogen (secondary N) is 1. The highest BCUT2D eigenvalue weighted by Gasteiger charge is 2.13. The van der Waals surface area contributed by atoms with Crippen LogP contribution in [0.25, 0.3) is 10.8 Å². The van der Waals surface area contributed by atoms with Crippen LogP contribution in [0.4, 0.5) is 4.39 Å². The summed E-state index contributed by atoms with van der Waals surface area (Å²) in [6, 6.07) is 10.1. The number of fused-ring (bicyclic) bond motifs is 1. The zero-order valence-corrected chi connectivity index (χ0v) is 13.9. The van der Waals surface area contributed by atoms with Crippen molar-refractivity contribution in [1.82, 2.24) is 5.32 Å². The first-order chi connectivity index (χ1) is 9.87. The molecule has 2 aromatic carbocycles. The summed E-state index contributed by atoms with van der Waals surface area (Å²) in [5.41, 5.74) is -0.0520. The van der Waals surface area contributed by atoms with Crippen molar-refractivity contribution in [3.8, 4) is 5.75 Å². The van der Waals surface area contributed by atoms with Gasteiger partial charge in [-0.15, -0.1) is 12.4 Å². The van der Waals surface area contributed by atoms with Crippen LogP contribution in [0.5, 0.6) is 5.75 Å². The lowest BCUT2D eigenvalue weighted by molar-refractivity contribution is 0.101. The fourth-order valence-corrected chi connectivity index (χ4v) is 2.03. The van der Waals surface area contributed by atoms with Gasteiger partial charge in [-0.2, -0.15) is 0 Å². The Hall–Kier alpha value is -1.36. The smallest absolute Gasteiger partial charge is 0.131 e. The number of ether oxygens (including phenoxy) is 1. The molecule has 0 bridgehead atoms. The van der Waals surface area contributed by atoms with Crippen LogP contribution in [0, 0.1) is 5.82 Å². The SMILES string of the molecule is CC(C)(C)NC[C@H](O)COc1ccc(F)c2ccccc12.Cl. The minimum absolute atomic E-state index is 0. The zero-order valence-electron chi connectivity index (χ0n) is 13.1. The molecule has 0 aliphatic heterocycles.